The Morgan fingerprint density at radius 3 is 2.33 bits per heavy atom. The molecule has 1 aromatic carbocycles. The van der Waals surface area contributed by atoms with Gasteiger partial charge in [0.2, 0.25) is 0 Å². The maximum Gasteiger partial charge on any atom is 0 e. The molecule has 0 aliphatic rings. The molecule has 0 aliphatic heterocycles. The first kappa shape index (κ1) is 12.5. The molecule has 0 N–H and O–H groups in total. The third-order valence-corrected chi connectivity index (χ3v) is 0.904. The molecule has 0 spiro atoms. The summed E-state index contributed by atoms with van der Waals surface area (Å²) in [7, 11) is 0. The Bertz CT molecular complexity index is 143. The van der Waals surface area contributed by atoms with Crippen LogP contribution in [0.1, 0.15) is 0 Å². The van der Waals surface area contributed by atoms with E-state index in [0.29, 0.717) is 0 Å². The van der Waals surface area contributed by atoms with Crippen molar-refractivity contribution in [1.82, 2.24) is 0 Å². The summed E-state index contributed by atoms with van der Waals surface area (Å²) in [4.78, 5) is 0. The van der Waals surface area contributed by atoms with Crippen molar-refractivity contribution in [3.63, 3.8) is 0 Å². The second-order valence-corrected chi connectivity index (χ2v) is 1.66. The summed E-state index contributed by atoms with van der Waals surface area (Å²) >= 11 is 5.51. The monoisotopic (exact) mass is 303 g/mol. The third-order valence-electron chi connectivity index (χ3n) is 0.669. The molecule has 1 rings (SSSR count). The van der Waals surface area contributed by atoms with Gasteiger partial charge < -0.3 is 0 Å². The summed E-state index contributed by atoms with van der Waals surface area (Å²) < 4.78 is 0. The molecular weight excluding hydrogens is 300 g/mol. The Morgan fingerprint density at radius 1 is 1.44 bits per heavy atom. The van der Waals surface area contributed by atoms with Crippen molar-refractivity contribution in [1.29, 1.82) is 0 Å². The van der Waals surface area contributed by atoms with Crippen LogP contribution < -0.4 is 0 Å². The summed E-state index contributed by atoms with van der Waals surface area (Å²) in [6, 6.07) is 10.0. The van der Waals surface area contributed by atoms with Gasteiger partial charge in [0, 0.05) is 19.5 Å². The zero-order valence-corrected chi connectivity index (χ0v) is 10.9. The van der Waals surface area contributed by atoms with Gasteiger partial charge in [-0.05, 0) is 0 Å². The van der Waals surface area contributed by atoms with E-state index >= 15 is 0 Å². The van der Waals surface area contributed by atoms with E-state index in [1.54, 1.807) is 6.07 Å². The maximum absolute atomic E-state index is 5.51. The molecule has 0 heterocycles. The van der Waals surface area contributed by atoms with Crippen LogP contribution in [0.3, 0.4) is 0 Å². The molecule has 0 aromatic heterocycles. The molecule has 0 atom stereocenters. The van der Waals surface area contributed by atoms with E-state index in [9.17, 15) is 0 Å². The van der Waals surface area contributed by atoms with Gasteiger partial charge in [0.1, 0.15) is 0 Å². The Labute approximate surface area is 89.8 Å². The summed E-state index contributed by atoms with van der Waals surface area (Å²) in [5, 5.41) is 0.738. The first-order valence-electron chi connectivity index (χ1n) is 2.01. The summed E-state index contributed by atoms with van der Waals surface area (Å²) in [6.45, 7) is 0. The van der Waals surface area contributed by atoms with Gasteiger partial charge in [0.15, 0.2) is 0 Å². The quantitative estimate of drug-likeness (QED) is 0.393. The molecule has 9 heavy (non-hydrogen) atoms. The molecule has 0 saturated heterocycles. The fourth-order valence-electron chi connectivity index (χ4n) is 0.371. The Morgan fingerprint density at radius 2 is 2.11 bits per heavy atom. The smallest absolute Gasteiger partial charge is 0 e. The van der Waals surface area contributed by atoms with Crippen LogP contribution in [-0.2, 0) is 19.5 Å². The van der Waals surface area contributed by atoms with Gasteiger partial charge in [-0.2, -0.15) is 41.9 Å². The molecular formula is C6H5ClIZn-. The van der Waals surface area contributed by atoms with E-state index in [1.807, 2.05) is 18.2 Å². The van der Waals surface area contributed by atoms with Crippen molar-refractivity contribution >= 4 is 35.6 Å². The molecule has 0 radical (unpaired) electrons. The molecule has 3 heteroatoms. The topological polar surface area (TPSA) is 0 Å². The Balaban J connectivity index is 0. The molecule has 0 unspecified atom stereocenters. The third kappa shape index (κ3) is 5.31. The van der Waals surface area contributed by atoms with Gasteiger partial charge in [-0.3, -0.25) is 0 Å². The minimum atomic E-state index is 0. The van der Waals surface area contributed by atoms with E-state index in [1.165, 1.54) is 0 Å². The van der Waals surface area contributed by atoms with Crippen LogP contribution in [0.4, 0.5) is 0 Å². The second kappa shape index (κ2) is 6.98. The van der Waals surface area contributed by atoms with Crippen LogP contribution in [-0.4, -0.2) is 0 Å². The van der Waals surface area contributed by atoms with Gasteiger partial charge >= 0.3 is 0 Å². The number of benzene rings is 1. The average molecular weight is 305 g/mol. The van der Waals surface area contributed by atoms with Gasteiger partial charge in [-0.1, -0.05) is 5.02 Å². The van der Waals surface area contributed by atoms with E-state index in [-0.39, 0.29) is 43.5 Å². The van der Waals surface area contributed by atoms with Crippen LogP contribution in [0.2, 0.25) is 5.02 Å². The van der Waals surface area contributed by atoms with Crippen molar-refractivity contribution < 1.29 is 19.5 Å². The normalized spacial score (nSPS) is 6.78. The molecule has 1 aromatic rings. The molecule has 0 aliphatic carbocycles. The molecule has 0 fully saturated rings. The number of hydrogen-bond acceptors (Lipinski definition) is 0. The number of halogens is 2. The first-order chi connectivity index (χ1) is 3.39. The molecule has 0 bridgehead atoms. The minimum Gasteiger partial charge on any atom is -0.182 e. The number of hydrogen-bond donors (Lipinski definition) is 0. The predicted octanol–water partition coefficient (Wildman–Crippen LogP) is 2.76. The predicted molar refractivity (Wildman–Crippen MR) is 45.7 cm³/mol. The van der Waals surface area contributed by atoms with E-state index in [4.69, 9.17) is 11.6 Å². The van der Waals surface area contributed by atoms with Crippen LogP contribution >= 0.6 is 35.6 Å². The molecule has 0 saturated carbocycles. The van der Waals surface area contributed by atoms with Gasteiger partial charge in [0.05, 0.1) is 0 Å². The second-order valence-electron chi connectivity index (χ2n) is 1.22. The van der Waals surface area contributed by atoms with Crippen molar-refractivity contribution in [3.8, 4) is 0 Å². The largest absolute Gasteiger partial charge is 0.182 e. The van der Waals surface area contributed by atoms with Gasteiger partial charge in [-0.25, -0.2) is 0 Å². The van der Waals surface area contributed by atoms with E-state index in [0.717, 1.165) is 5.02 Å². The SMILES string of the molecule is Clc1c[c-]ccc1.I.[Zn]. The molecule has 46 valence electrons. The minimum absolute atomic E-state index is 0. The van der Waals surface area contributed by atoms with E-state index < -0.39 is 0 Å². The van der Waals surface area contributed by atoms with Crippen LogP contribution in [0.15, 0.2) is 24.3 Å². The average Bonchev–Trinajstić information content (AvgIpc) is 1.69. The summed E-state index contributed by atoms with van der Waals surface area (Å²) in [5.41, 5.74) is 0. The van der Waals surface area contributed by atoms with Gasteiger partial charge in [0.25, 0.3) is 0 Å². The van der Waals surface area contributed by atoms with Crippen molar-refractivity contribution in [2.45, 2.75) is 0 Å². The molecule has 0 nitrogen and oxygen atoms in total. The fourth-order valence-corrected chi connectivity index (χ4v) is 0.507. The zero-order chi connectivity index (χ0) is 5.11. The van der Waals surface area contributed by atoms with Crippen LogP contribution in [0, 0.1) is 6.07 Å². The summed E-state index contributed by atoms with van der Waals surface area (Å²) in [6.07, 6.45) is 0. The van der Waals surface area contributed by atoms with Crippen LogP contribution in [0.5, 0.6) is 0 Å². The standard InChI is InChI=1S/C6H4Cl.HI.Zn/c7-6-4-2-1-3-5-6;;/h1-2,4-5H;1H;/q-1;;. The van der Waals surface area contributed by atoms with E-state index in [2.05, 4.69) is 6.07 Å². The maximum atomic E-state index is 5.51. The van der Waals surface area contributed by atoms with Crippen LogP contribution in [0.25, 0.3) is 0 Å². The van der Waals surface area contributed by atoms with Crippen molar-refractivity contribution in [2.24, 2.45) is 0 Å². The zero-order valence-electron chi connectivity index (χ0n) is 4.80. The number of rotatable bonds is 0. The van der Waals surface area contributed by atoms with Crippen molar-refractivity contribution in [2.75, 3.05) is 0 Å². The Kier molecular flexibility index (Phi) is 9.71. The fraction of sp³-hybridized carbons (Fsp3) is 0. The summed E-state index contributed by atoms with van der Waals surface area (Å²) in [5.74, 6) is 0. The van der Waals surface area contributed by atoms with Gasteiger partial charge in [-0.15, -0.1) is 24.0 Å². The van der Waals surface area contributed by atoms with Crippen molar-refractivity contribution in [3.05, 3.63) is 35.4 Å². The first-order valence-corrected chi connectivity index (χ1v) is 2.39. The molecule has 0 amide bonds. The Hall–Kier alpha value is 0.863.